The van der Waals surface area contributed by atoms with Gasteiger partial charge in [-0.15, -0.1) is 0 Å². The predicted octanol–water partition coefficient (Wildman–Crippen LogP) is 3.88. The Bertz CT molecular complexity index is 935. The van der Waals surface area contributed by atoms with Gasteiger partial charge in [-0.3, -0.25) is 14.7 Å². The first-order valence-electron chi connectivity index (χ1n) is 10.7. The van der Waals surface area contributed by atoms with Crippen LogP contribution in [-0.2, 0) is 9.53 Å². The summed E-state index contributed by atoms with van der Waals surface area (Å²) in [5, 5.41) is 6.48. The number of aliphatic imine (C=N–C) groups is 1. The van der Waals surface area contributed by atoms with Crippen LogP contribution in [-0.4, -0.2) is 56.4 Å². The molecule has 1 unspecified atom stereocenters. The van der Waals surface area contributed by atoms with E-state index in [9.17, 15) is 4.79 Å². The van der Waals surface area contributed by atoms with Crippen LogP contribution in [0.4, 0.5) is 17.1 Å². The van der Waals surface area contributed by atoms with Crippen LogP contribution in [0.2, 0.25) is 0 Å². The first-order chi connectivity index (χ1) is 14.6. The quantitative estimate of drug-likeness (QED) is 0.541. The molecule has 30 heavy (non-hydrogen) atoms. The molecule has 2 heterocycles. The summed E-state index contributed by atoms with van der Waals surface area (Å²) in [5.74, 6) is -0.349. The van der Waals surface area contributed by atoms with Crippen molar-refractivity contribution in [1.29, 1.82) is 0 Å². The number of ether oxygens (including phenoxy) is 1. The van der Waals surface area contributed by atoms with E-state index in [-0.39, 0.29) is 11.8 Å². The third-order valence-electron chi connectivity index (χ3n) is 5.83. The number of aryl methyl sites for hydroxylation is 2. The lowest BCUT2D eigenvalue weighted by Crippen LogP contribution is -2.37. The molecule has 0 aliphatic carbocycles. The molecule has 2 aromatic carbocycles. The molecule has 0 saturated carbocycles. The number of anilines is 2. The van der Waals surface area contributed by atoms with Crippen LogP contribution in [0.5, 0.6) is 0 Å². The lowest BCUT2D eigenvalue weighted by Gasteiger charge is -2.26. The second kappa shape index (κ2) is 9.41. The minimum Gasteiger partial charge on any atom is -0.385 e. The molecule has 0 spiro atoms. The molecule has 1 atom stereocenters. The molecule has 2 N–H and O–H groups in total. The maximum absolute atomic E-state index is 12.4. The monoisotopic (exact) mass is 406 g/mol. The van der Waals surface area contributed by atoms with E-state index < -0.39 is 0 Å². The van der Waals surface area contributed by atoms with Crippen molar-refractivity contribution in [3.63, 3.8) is 0 Å². The Hall–Kier alpha value is -2.70. The topological polar surface area (TPSA) is 66.0 Å². The predicted molar refractivity (Wildman–Crippen MR) is 122 cm³/mol. The number of carbonyl (C=O) groups excluding carboxylic acids is 1. The van der Waals surface area contributed by atoms with E-state index in [1.54, 1.807) is 6.21 Å². The minimum absolute atomic E-state index is 0.0154. The standard InChI is InChI=1S/C24H30N4O2/c1-17-5-3-6-22-23(17)20(24(29)27-22)16-26-19-7-8-21(18(2)15-19)25-9-4-10-28-11-13-30-14-12-28/h3,5-8,15-16,20,25H,4,9-14H2,1-2H3,(H,27,29). The van der Waals surface area contributed by atoms with Gasteiger partial charge >= 0.3 is 0 Å². The Morgan fingerprint density at radius 2 is 2.03 bits per heavy atom. The van der Waals surface area contributed by atoms with E-state index >= 15 is 0 Å². The molecule has 1 saturated heterocycles. The van der Waals surface area contributed by atoms with Gasteiger partial charge in [-0.25, -0.2) is 0 Å². The Balaban J connectivity index is 1.34. The maximum Gasteiger partial charge on any atom is 0.237 e. The van der Waals surface area contributed by atoms with Gasteiger partial charge in [0.1, 0.15) is 5.92 Å². The van der Waals surface area contributed by atoms with E-state index in [4.69, 9.17) is 4.74 Å². The second-order valence-corrected chi connectivity index (χ2v) is 8.01. The number of benzene rings is 2. The van der Waals surface area contributed by atoms with Crippen molar-refractivity contribution < 1.29 is 9.53 Å². The second-order valence-electron chi connectivity index (χ2n) is 8.01. The first kappa shape index (κ1) is 20.6. The van der Waals surface area contributed by atoms with E-state index in [1.807, 2.05) is 31.2 Å². The van der Waals surface area contributed by atoms with Gasteiger partial charge in [-0.2, -0.15) is 0 Å². The van der Waals surface area contributed by atoms with E-state index in [2.05, 4.69) is 39.6 Å². The van der Waals surface area contributed by atoms with E-state index in [0.29, 0.717) is 0 Å². The molecular formula is C24H30N4O2. The average molecular weight is 407 g/mol. The number of nitrogens with one attached hydrogen (secondary N) is 2. The Morgan fingerprint density at radius 1 is 1.20 bits per heavy atom. The molecule has 2 aliphatic heterocycles. The molecule has 0 aromatic heterocycles. The number of fused-ring (bicyclic) bond motifs is 1. The van der Waals surface area contributed by atoms with Gasteiger partial charge in [0.25, 0.3) is 0 Å². The molecule has 0 radical (unpaired) electrons. The zero-order valence-corrected chi connectivity index (χ0v) is 17.8. The van der Waals surface area contributed by atoms with Gasteiger partial charge in [0.15, 0.2) is 0 Å². The summed E-state index contributed by atoms with van der Waals surface area (Å²) in [6.45, 7) is 9.93. The highest BCUT2D eigenvalue weighted by atomic mass is 16.5. The summed E-state index contributed by atoms with van der Waals surface area (Å²) in [5.41, 5.74) is 6.18. The fourth-order valence-electron chi connectivity index (χ4n) is 4.12. The summed E-state index contributed by atoms with van der Waals surface area (Å²) >= 11 is 0. The molecule has 6 heteroatoms. The highest BCUT2D eigenvalue weighted by Gasteiger charge is 2.30. The van der Waals surface area contributed by atoms with Gasteiger partial charge in [-0.05, 0) is 67.8 Å². The third-order valence-corrected chi connectivity index (χ3v) is 5.83. The zero-order chi connectivity index (χ0) is 20.9. The molecule has 1 fully saturated rings. The molecule has 6 nitrogen and oxygen atoms in total. The highest BCUT2D eigenvalue weighted by Crippen LogP contribution is 2.34. The lowest BCUT2D eigenvalue weighted by molar-refractivity contribution is -0.115. The molecular weight excluding hydrogens is 376 g/mol. The smallest absolute Gasteiger partial charge is 0.237 e. The van der Waals surface area contributed by atoms with Crippen molar-refractivity contribution in [2.45, 2.75) is 26.2 Å². The molecule has 4 rings (SSSR count). The molecule has 0 bridgehead atoms. The van der Waals surface area contributed by atoms with E-state index in [1.165, 1.54) is 0 Å². The van der Waals surface area contributed by atoms with Crippen molar-refractivity contribution in [2.75, 3.05) is 50.0 Å². The Labute approximate surface area is 178 Å². The van der Waals surface area contributed by atoms with Gasteiger partial charge in [0, 0.05) is 37.2 Å². The number of nitrogens with zero attached hydrogens (tertiary/aromatic N) is 2. The summed E-state index contributed by atoms with van der Waals surface area (Å²) in [6.07, 6.45) is 2.87. The third kappa shape index (κ3) is 4.71. The van der Waals surface area contributed by atoms with E-state index in [0.717, 1.165) is 79.6 Å². The summed E-state index contributed by atoms with van der Waals surface area (Å²) < 4.78 is 5.39. The average Bonchev–Trinajstić information content (AvgIpc) is 3.08. The van der Waals surface area contributed by atoms with Crippen LogP contribution in [0.1, 0.15) is 29.0 Å². The summed E-state index contributed by atoms with van der Waals surface area (Å²) in [6, 6.07) is 12.1. The molecule has 2 aliphatic rings. The Kier molecular flexibility index (Phi) is 6.45. The van der Waals surface area contributed by atoms with Crippen LogP contribution in [0.3, 0.4) is 0 Å². The fourth-order valence-corrected chi connectivity index (χ4v) is 4.12. The van der Waals surface area contributed by atoms with Crippen LogP contribution in [0.15, 0.2) is 41.4 Å². The number of carbonyl (C=O) groups is 1. The maximum atomic E-state index is 12.4. The van der Waals surface area contributed by atoms with Crippen LogP contribution in [0.25, 0.3) is 0 Å². The van der Waals surface area contributed by atoms with Gasteiger partial charge in [0.2, 0.25) is 5.91 Å². The first-order valence-corrected chi connectivity index (χ1v) is 10.7. The van der Waals surface area contributed by atoms with Crippen molar-refractivity contribution >= 4 is 29.2 Å². The normalized spacial score (nSPS) is 19.1. The summed E-state index contributed by atoms with van der Waals surface area (Å²) in [4.78, 5) is 19.4. The minimum atomic E-state index is -0.334. The van der Waals surface area contributed by atoms with Crippen molar-refractivity contribution in [2.24, 2.45) is 4.99 Å². The highest BCUT2D eigenvalue weighted by molar-refractivity contribution is 6.13. The lowest BCUT2D eigenvalue weighted by atomic mass is 9.97. The Morgan fingerprint density at radius 3 is 2.83 bits per heavy atom. The number of hydrogen-bond donors (Lipinski definition) is 2. The molecule has 2 aromatic rings. The zero-order valence-electron chi connectivity index (χ0n) is 17.8. The van der Waals surface area contributed by atoms with Crippen LogP contribution < -0.4 is 10.6 Å². The van der Waals surface area contributed by atoms with Crippen molar-refractivity contribution in [1.82, 2.24) is 4.90 Å². The molecule has 1 amide bonds. The number of hydrogen-bond acceptors (Lipinski definition) is 5. The van der Waals surface area contributed by atoms with Crippen molar-refractivity contribution in [3.8, 4) is 0 Å². The van der Waals surface area contributed by atoms with Crippen LogP contribution in [0, 0.1) is 13.8 Å². The SMILES string of the molecule is Cc1cc(N=CC2C(=O)Nc3cccc(C)c32)ccc1NCCCN1CCOCC1. The largest absolute Gasteiger partial charge is 0.385 e. The van der Waals surface area contributed by atoms with Crippen LogP contribution >= 0.6 is 0 Å². The molecule has 158 valence electrons. The number of morpholine rings is 1. The van der Waals surface area contributed by atoms with Gasteiger partial charge < -0.3 is 15.4 Å². The fraction of sp³-hybridized carbons (Fsp3) is 0.417. The number of amides is 1. The van der Waals surface area contributed by atoms with Gasteiger partial charge in [0.05, 0.1) is 18.9 Å². The summed E-state index contributed by atoms with van der Waals surface area (Å²) in [7, 11) is 0. The number of rotatable bonds is 7. The van der Waals surface area contributed by atoms with Crippen molar-refractivity contribution in [3.05, 3.63) is 53.1 Å². The van der Waals surface area contributed by atoms with Gasteiger partial charge in [-0.1, -0.05) is 12.1 Å².